The van der Waals surface area contributed by atoms with E-state index in [9.17, 15) is 4.57 Å². The van der Waals surface area contributed by atoms with Crippen LogP contribution in [0.5, 0.6) is 0 Å². The Hall–Kier alpha value is -2.15. The van der Waals surface area contributed by atoms with Crippen LogP contribution in [0.15, 0.2) is 91.0 Å². The van der Waals surface area contributed by atoms with Crippen LogP contribution < -0.4 is 10.6 Å². The largest absolute Gasteiger partial charge is 0.314 e. The molecule has 0 aliphatic rings. The van der Waals surface area contributed by atoms with Crippen molar-refractivity contribution in [2.75, 3.05) is 0 Å². The van der Waals surface area contributed by atoms with E-state index in [2.05, 4.69) is 13.8 Å². The van der Waals surface area contributed by atoms with E-state index in [1.165, 1.54) is 0 Å². The summed E-state index contributed by atoms with van der Waals surface area (Å²) in [5.41, 5.74) is 1.06. The summed E-state index contributed by atoms with van der Waals surface area (Å²) in [7, 11) is -3.20. The highest BCUT2D eigenvalue weighted by Crippen LogP contribution is 2.50. The lowest BCUT2D eigenvalue weighted by atomic mass is 10.00. The highest BCUT2D eigenvalue weighted by atomic mass is 31.2. The second-order valence-electron chi connectivity index (χ2n) is 6.86. The first-order chi connectivity index (χ1) is 12.6. The molecule has 0 saturated heterocycles. The van der Waals surface area contributed by atoms with Gasteiger partial charge in [-0.1, -0.05) is 80.6 Å². The average molecular weight is 364 g/mol. The van der Waals surface area contributed by atoms with Gasteiger partial charge < -0.3 is 4.52 Å². The van der Waals surface area contributed by atoms with Crippen molar-refractivity contribution in [3.05, 3.63) is 96.6 Å². The van der Waals surface area contributed by atoms with E-state index in [-0.39, 0.29) is 6.10 Å². The van der Waals surface area contributed by atoms with Crippen molar-refractivity contribution in [2.24, 2.45) is 5.92 Å². The molecule has 0 unspecified atom stereocenters. The van der Waals surface area contributed by atoms with Gasteiger partial charge in [0.15, 0.2) is 0 Å². The van der Waals surface area contributed by atoms with Crippen molar-refractivity contribution >= 4 is 18.0 Å². The maximum atomic E-state index is 14.2. The van der Waals surface area contributed by atoms with Crippen molar-refractivity contribution in [1.29, 1.82) is 0 Å². The van der Waals surface area contributed by atoms with Gasteiger partial charge in [0.2, 0.25) is 0 Å². The fourth-order valence-corrected chi connectivity index (χ4v) is 5.27. The highest BCUT2D eigenvalue weighted by Gasteiger charge is 2.32. The fourth-order valence-electron chi connectivity index (χ4n) is 3.03. The van der Waals surface area contributed by atoms with Gasteiger partial charge in [0.25, 0.3) is 7.37 Å². The normalized spacial score (nSPS) is 12.9. The molecule has 3 rings (SSSR count). The monoisotopic (exact) mass is 364 g/mol. The highest BCUT2D eigenvalue weighted by molar-refractivity contribution is 7.74. The second kappa shape index (κ2) is 8.49. The SMILES string of the molecule is CC(C)C[C@@H](OP(=O)(c1ccccc1)c1ccccc1)c1ccccc1. The zero-order valence-corrected chi connectivity index (χ0v) is 16.2. The van der Waals surface area contributed by atoms with Crippen molar-refractivity contribution in [3.8, 4) is 0 Å². The van der Waals surface area contributed by atoms with Crippen molar-refractivity contribution in [1.82, 2.24) is 0 Å². The standard InChI is InChI=1S/C23H25O2P/c1-19(2)18-23(20-12-6-3-7-13-20)25-26(24,21-14-8-4-9-15-21)22-16-10-5-11-17-22/h3-17,19,23H,18H2,1-2H3/t23-/m1/s1. The molecule has 0 saturated carbocycles. The van der Waals surface area contributed by atoms with E-state index in [4.69, 9.17) is 4.52 Å². The minimum Gasteiger partial charge on any atom is -0.314 e. The minimum absolute atomic E-state index is 0.220. The van der Waals surface area contributed by atoms with Crippen LogP contribution in [0.2, 0.25) is 0 Å². The molecule has 3 aromatic rings. The predicted molar refractivity (Wildman–Crippen MR) is 109 cm³/mol. The summed E-state index contributed by atoms with van der Waals surface area (Å²) in [4.78, 5) is 0. The molecule has 2 nitrogen and oxygen atoms in total. The molecular weight excluding hydrogens is 339 g/mol. The number of hydrogen-bond acceptors (Lipinski definition) is 2. The van der Waals surface area contributed by atoms with Crippen LogP contribution in [-0.4, -0.2) is 0 Å². The topological polar surface area (TPSA) is 26.3 Å². The summed E-state index contributed by atoms with van der Waals surface area (Å²) in [6, 6.07) is 29.2. The molecule has 3 aromatic carbocycles. The maximum Gasteiger partial charge on any atom is 0.261 e. The molecule has 0 heterocycles. The lowest BCUT2D eigenvalue weighted by molar-refractivity contribution is 0.187. The number of hydrogen-bond donors (Lipinski definition) is 0. The van der Waals surface area contributed by atoms with Gasteiger partial charge in [-0.25, -0.2) is 0 Å². The molecule has 0 spiro atoms. The van der Waals surface area contributed by atoms with Crippen molar-refractivity contribution < 1.29 is 9.09 Å². The van der Waals surface area contributed by atoms with Gasteiger partial charge in [0.1, 0.15) is 0 Å². The smallest absolute Gasteiger partial charge is 0.261 e. The van der Waals surface area contributed by atoms with Crippen LogP contribution in [0.25, 0.3) is 0 Å². The van der Waals surface area contributed by atoms with Gasteiger partial charge in [-0.2, -0.15) is 0 Å². The molecule has 0 radical (unpaired) electrons. The third-order valence-corrected chi connectivity index (χ3v) is 6.83. The molecule has 0 aliphatic heterocycles. The Bertz CT molecular complexity index is 802. The number of rotatable bonds is 7. The fraction of sp³-hybridized carbons (Fsp3) is 0.217. The molecule has 0 fully saturated rings. The Balaban J connectivity index is 2.05. The average Bonchev–Trinajstić information content (AvgIpc) is 2.69. The Morgan fingerprint density at radius 1 is 0.731 bits per heavy atom. The zero-order chi connectivity index (χ0) is 18.4. The summed E-state index contributed by atoms with van der Waals surface area (Å²) in [5.74, 6) is 0.431. The minimum atomic E-state index is -3.20. The first-order valence-corrected chi connectivity index (χ1v) is 10.7. The zero-order valence-electron chi connectivity index (χ0n) is 15.3. The van der Waals surface area contributed by atoms with Crippen LogP contribution in [-0.2, 0) is 9.09 Å². The van der Waals surface area contributed by atoms with Crippen LogP contribution >= 0.6 is 7.37 Å². The lowest BCUT2D eigenvalue weighted by Gasteiger charge is -2.27. The summed E-state index contributed by atoms with van der Waals surface area (Å²) in [5, 5.41) is 1.46. The summed E-state index contributed by atoms with van der Waals surface area (Å²) in [6.07, 6.45) is 0.593. The molecule has 0 amide bonds. The Morgan fingerprint density at radius 2 is 1.15 bits per heavy atom. The van der Waals surface area contributed by atoms with Gasteiger partial charge in [0.05, 0.1) is 6.10 Å². The maximum absolute atomic E-state index is 14.2. The molecule has 0 N–H and O–H groups in total. The van der Waals surface area contributed by atoms with E-state index in [1.807, 2.05) is 91.0 Å². The van der Waals surface area contributed by atoms with Crippen LogP contribution in [0.4, 0.5) is 0 Å². The Kier molecular flexibility index (Phi) is 6.08. The second-order valence-corrected chi connectivity index (χ2v) is 9.20. The van der Waals surface area contributed by atoms with Crippen LogP contribution in [0, 0.1) is 5.92 Å². The molecule has 0 aromatic heterocycles. The van der Waals surface area contributed by atoms with Crippen LogP contribution in [0.3, 0.4) is 0 Å². The van der Waals surface area contributed by atoms with Gasteiger partial charge in [-0.15, -0.1) is 0 Å². The van der Waals surface area contributed by atoms with E-state index >= 15 is 0 Å². The molecule has 3 heteroatoms. The molecule has 26 heavy (non-hydrogen) atoms. The quantitative estimate of drug-likeness (QED) is 0.501. The Morgan fingerprint density at radius 3 is 1.58 bits per heavy atom. The first-order valence-electron chi connectivity index (χ1n) is 9.04. The van der Waals surface area contributed by atoms with Gasteiger partial charge >= 0.3 is 0 Å². The molecule has 1 atom stereocenters. The van der Waals surface area contributed by atoms with Crippen molar-refractivity contribution in [2.45, 2.75) is 26.4 Å². The van der Waals surface area contributed by atoms with E-state index < -0.39 is 7.37 Å². The van der Waals surface area contributed by atoms with E-state index in [1.54, 1.807) is 0 Å². The predicted octanol–water partition coefficient (Wildman–Crippen LogP) is 5.72. The van der Waals surface area contributed by atoms with Gasteiger partial charge in [-0.3, -0.25) is 4.57 Å². The van der Waals surface area contributed by atoms with E-state index in [0.29, 0.717) is 5.92 Å². The molecular formula is C23H25O2P. The third-order valence-electron chi connectivity index (χ3n) is 4.32. The molecule has 0 aliphatic carbocycles. The first kappa shape index (κ1) is 18.6. The van der Waals surface area contributed by atoms with Crippen LogP contribution in [0.1, 0.15) is 31.9 Å². The Labute approximate surface area is 156 Å². The lowest BCUT2D eigenvalue weighted by Crippen LogP contribution is -2.20. The van der Waals surface area contributed by atoms with Gasteiger partial charge in [0, 0.05) is 10.6 Å². The van der Waals surface area contributed by atoms with Crippen molar-refractivity contribution in [3.63, 3.8) is 0 Å². The van der Waals surface area contributed by atoms with E-state index in [0.717, 1.165) is 22.6 Å². The summed E-state index contributed by atoms with van der Waals surface area (Å²) < 4.78 is 20.6. The third kappa shape index (κ3) is 4.33. The van der Waals surface area contributed by atoms with Gasteiger partial charge in [-0.05, 0) is 42.2 Å². The summed E-state index contributed by atoms with van der Waals surface area (Å²) in [6.45, 7) is 4.32. The number of benzene rings is 3. The molecule has 0 bridgehead atoms. The molecule has 134 valence electrons. The summed E-state index contributed by atoms with van der Waals surface area (Å²) >= 11 is 0.